The van der Waals surface area contributed by atoms with Gasteiger partial charge in [0.25, 0.3) is 0 Å². The van der Waals surface area contributed by atoms with Crippen LogP contribution >= 0.6 is 11.3 Å². The Morgan fingerprint density at radius 2 is 2.05 bits per heavy atom. The Bertz CT molecular complexity index is 490. The molecule has 1 aromatic rings. The highest BCUT2D eigenvalue weighted by molar-refractivity contribution is 7.89. The highest BCUT2D eigenvalue weighted by atomic mass is 32.2. The molecule has 0 amide bonds. The van der Waals surface area contributed by atoms with Gasteiger partial charge in [0.15, 0.2) is 0 Å². The first-order valence-electron chi connectivity index (χ1n) is 6.93. The van der Waals surface area contributed by atoms with Gasteiger partial charge in [0.05, 0.1) is 4.90 Å². The second-order valence-electron chi connectivity index (χ2n) is 4.89. The van der Waals surface area contributed by atoms with Gasteiger partial charge in [0.1, 0.15) is 0 Å². The van der Waals surface area contributed by atoms with E-state index in [1.807, 2.05) is 6.07 Å². The Morgan fingerprint density at radius 1 is 1.32 bits per heavy atom. The minimum absolute atomic E-state index is 0.465. The molecule has 0 spiro atoms. The SMILES string of the molecule is CCCNCc1cc(S(=O)(=O)N2CCCCC2)cs1. The molecule has 6 heteroatoms. The molecule has 1 aromatic heterocycles. The average Bonchev–Trinajstić information content (AvgIpc) is 2.90. The third kappa shape index (κ3) is 3.78. The van der Waals surface area contributed by atoms with Crippen molar-refractivity contribution < 1.29 is 8.42 Å². The molecule has 2 heterocycles. The Hall–Kier alpha value is -0.430. The highest BCUT2D eigenvalue weighted by Crippen LogP contribution is 2.25. The van der Waals surface area contributed by atoms with Crippen LogP contribution in [0.25, 0.3) is 0 Å². The second-order valence-corrected chi connectivity index (χ2v) is 7.82. The Kier molecular flexibility index (Phi) is 5.38. The van der Waals surface area contributed by atoms with Gasteiger partial charge in [-0.05, 0) is 31.9 Å². The number of nitrogens with one attached hydrogen (secondary N) is 1. The van der Waals surface area contributed by atoms with Gasteiger partial charge >= 0.3 is 0 Å². The zero-order valence-corrected chi connectivity index (χ0v) is 13.0. The molecule has 1 saturated heterocycles. The molecular formula is C13H22N2O2S2. The van der Waals surface area contributed by atoms with Crippen LogP contribution in [0.5, 0.6) is 0 Å². The molecule has 1 aliphatic heterocycles. The molecule has 1 N–H and O–H groups in total. The smallest absolute Gasteiger partial charge is 0.243 e. The lowest BCUT2D eigenvalue weighted by Gasteiger charge is -2.25. The van der Waals surface area contributed by atoms with Crippen molar-refractivity contribution in [3.05, 3.63) is 16.3 Å². The normalized spacial score (nSPS) is 17.7. The average molecular weight is 302 g/mol. The third-order valence-corrected chi connectivity index (χ3v) is 6.27. The number of hydrogen-bond acceptors (Lipinski definition) is 4. The molecule has 19 heavy (non-hydrogen) atoms. The lowest BCUT2D eigenvalue weighted by molar-refractivity contribution is 0.347. The number of piperidine rings is 1. The van der Waals surface area contributed by atoms with Gasteiger partial charge < -0.3 is 5.32 Å². The molecule has 4 nitrogen and oxygen atoms in total. The maximum absolute atomic E-state index is 12.4. The van der Waals surface area contributed by atoms with E-state index in [-0.39, 0.29) is 0 Å². The fourth-order valence-electron chi connectivity index (χ4n) is 2.23. The second kappa shape index (κ2) is 6.83. The summed E-state index contributed by atoms with van der Waals surface area (Å²) >= 11 is 1.52. The predicted octanol–water partition coefficient (Wildman–Crippen LogP) is 2.42. The summed E-state index contributed by atoms with van der Waals surface area (Å²) in [6.07, 6.45) is 4.19. The van der Waals surface area contributed by atoms with Crippen molar-refractivity contribution in [1.82, 2.24) is 9.62 Å². The summed E-state index contributed by atoms with van der Waals surface area (Å²) in [5.74, 6) is 0. The summed E-state index contributed by atoms with van der Waals surface area (Å²) in [4.78, 5) is 1.55. The van der Waals surface area contributed by atoms with Crippen LogP contribution in [0.4, 0.5) is 0 Å². The number of thiophene rings is 1. The number of sulfonamides is 1. The van der Waals surface area contributed by atoms with E-state index >= 15 is 0 Å². The first kappa shape index (κ1) is 15.0. The third-order valence-electron chi connectivity index (χ3n) is 3.31. The zero-order chi connectivity index (χ0) is 13.7. The van der Waals surface area contributed by atoms with Gasteiger partial charge in [0.2, 0.25) is 10.0 Å². The van der Waals surface area contributed by atoms with E-state index in [1.54, 1.807) is 9.69 Å². The number of rotatable bonds is 6. The van der Waals surface area contributed by atoms with Crippen LogP contribution in [0.2, 0.25) is 0 Å². The minimum atomic E-state index is -3.26. The van der Waals surface area contributed by atoms with E-state index < -0.39 is 10.0 Å². The Balaban J connectivity index is 2.03. The van der Waals surface area contributed by atoms with Crippen molar-refractivity contribution >= 4 is 21.4 Å². The van der Waals surface area contributed by atoms with Crippen molar-refractivity contribution in [1.29, 1.82) is 0 Å². The first-order valence-corrected chi connectivity index (χ1v) is 9.25. The zero-order valence-electron chi connectivity index (χ0n) is 11.4. The fourth-order valence-corrected chi connectivity index (χ4v) is 4.98. The summed E-state index contributed by atoms with van der Waals surface area (Å²) in [5.41, 5.74) is 0. The van der Waals surface area contributed by atoms with Gasteiger partial charge in [-0.25, -0.2) is 8.42 Å². The lowest BCUT2D eigenvalue weighted by atomic mass is 10.2. The van der Waals surface area contributed by atoms with E-state index in [0.717, 1.165) is 43.6 Å². The maximum Gasteiger partial charge on any atom is 0.243 e. The van der Waals surface area contributed by atoms with E-state index in [9.17, 15) is 8.42 Å². The fraction of sp³-hybridized carbons (Fsp3) is 0.692. The maximum atomic E-state index is 12.4. The van der Waals surface area contributed by atoms with Gasteiger partial charge in [-0.1, -0.05) is 13.3 Å². The Morgan fingerprint density at radius 3 is 2.74 bits per heavy atom. The summed E-state index contributed by atoms with van der Waals surface area (Å²) in [6, 6.07) is 1.82. The van der Waals surface area contributed by atoms with Gasteiger partial charge in [-0.15, -0.1) is 11.3 Å². The van der Waals surface area contributed by atoms with Crippen molar-refractivity contribution in [2.24, 2.45) is 0 Å². The lowest BCUT2D eigenvalue weighted by Crippen LogP contribution is -2.35. The molecule has 0 aromatic carbocycles. The number of hydrogen-bond donors (Lipinski definition) is 1. The van der Waals surface area contributed by atoms with Crippen molar-refractivity contribution in [3.8, 4) is 0 Å². The van der Waals surface area contributed by atoms with Gasteiger partial charge in [-0.3, -0.25) is 0 Å². The summed E-state index contributed by atoms with van der Waals surface area (Å²) in [7, 11) is -3.26. The summed E-state index contributed by atoms with van der Waals surface area (Å²) in [5, 5.41) is 5.07. The highest BCUT2D eigenvalue weighted by Gasteiger charge is 2.26. The van der Waals surface area contributed by atoms with Gasteiger partial charge in [-0.2, -0.15) is 4.31 Å². The van der Waals surface area contributed by atoms with Gasteiger partial charge in [0, 0.05) is 29.9 Å². The quantitative estimate of drug-likeness (QED) is 0.821. The molecule has 0 bridgehead atoms. The van der Waals surface area contributed by atoms with E-state index in [0.29, 0.717) is 18.0 Å². The predicted molar refractivity (Wildman–Crippen MR) is 78.9 cm³/mol. The standard InChI is InChI=1S/C13H22N2O2S2/c1-2-6-14-10-12-9-13(11-18-12)19(16,17)15-7-4-3-5-8-15/h9,11,14H,2-8,10H2,1H3. The summed E-state index contributed by atoms with van der Waals surface area (Å²) in [6.45, 7) is 5.18. The molecule has 108 valence electrons. The van der Waals surface area contributed by atoms with E-state index in [2.05, 4.69) is 12.2 Å². The van der Waals surface area contributed by atoms with Crippen LogP contribution in [0, 0.1) is 0 Å². The minimum Gasteiger partial charge on any atom is -0.312 e. The summed E-state index contributed by atoms with van der Waals surface area (Å²) < 4.78 is 26.5. The van der Waals surface area contributed by atoms with Crippen molar-refractivity contribution in [3.63, 3.8) is 0 Å². The van der Waals surface area contributed by atoms with Crippen LogP contribution < -0.4 is 5.32 Å². The molecule has 0 radical (unpaired) electrons. The molecule has 2 rings (SSSR count). The Labute approximate surface area is 119 Å². The van der Waals surface area contributed by atoms with Crippen LogP contribution in [0.1, 0.15) is 37.5 Å². The van der Waals surface area contributed by atoms with Crippen LogP contribution in [0.15, 0.2) is 16.3 Å². The van der Waals surface area contributed by atoms with E-state index in [1.165, 1.54) is 11.3 Å². The largest absolute Gasteiger partial charge is 0.312 e. The molecular weight excluding hydrogens is 280 g/mol. The van der Waals surface area contributed by atoms with Crippen LogP contribution in [-0.4, -0.2) is 32.4 Å². The molecule has 0 atom stereocenters. The van der Waals surface area contributed by atoms with Crippen molar-refractivity contribution in [2.75, 3.05) is 19.6 Å². The van der Waals surface area contributed by atoms with E-state index in [4.69, 9.17) is 0 Å². The van der Waals surface area contributed by atoms with Crippen LogP contribution in [0.3, 0.4) is 0 Å². The monoisotopic (exact) mass is 302 g/mol. The molecule has 1 fully saturated rings. The molecule has 0 unspecified atom stereocenters. The molecule has 0 aliphatic carbocycles. The molecule has 0 saturated carbocycles. The van der Waals surface area contributed by atoms with Crippen LogP contribution in [-0.2, 0) is 16.6 Å². The first-order chi connectivity index (χ1) is 9.14. The molecule has 1 aliphatic rings. The topological polar surface area (TPSA) is 49.4 Å². The van der Waals surface area contributed by atoms with Crippen molar-refractivity contribution in [2.45, 2.75) is 44.0 Å². The number of nitrogens with zero attached hydrogens (tertiary/aromatic N) is 1.